The number of amides is 2. The molecule has 3 aliphatic rings. The Labute approximate surface area is 282 Å². The molecule has 0 spiro atoms. The van der Waals surface area contributed by atoms with Crippen LogP contribution < -0.4 is 14.8 Å². The van der Waals surface area contributed by atoms with Crippen molar-refractivity contribution < 1.29 is 43.5 Å². The minimum atomic E-state index is -1.09. The number of aliphatic hydroxyl groups is 2. The Bertz CT molecular complexity index is 1370. The number of rotatable bonds is 4. The number of hydrogen-bond acceptors (Lipinski definition) is 12. The zero-order valence-corrected chi connectivity index (χ0v) is 29.4. The van der Waals surface area contributed by atoms with Gasteiger partial charge in [0.25, 0.3) is 0 Å². The minimum absolute atomic E-state index is 0.103. The Morgan fingerprint density at radius 2 is 1.31 bits per heavy atom. The fourth-order valence-electron chi connectivity index (χ4n) is 5.10. The van der Waals surface area contributed by atoms with Crippen molar-refractivity contribution in [3.05, 3.63) is 47.8 Å². The number of β-amino-alcohol motifs (C(OH)–C–C–N with tert-alkyl or cyclic N) is 2. The summed E-state index contributed by atoms with van der Waals surface area (Å²) < 4.78 is 20.4. The molecular formula is C34H51N5O9. The van der Waals surface area contributed by atoms with Gasteiger partial charge in [-0.3, -0.25) is 4.79 Å². The Hall–Kier alpha value is -4.01. The summed E-state index contributed by atoms with van der Waals surface area (Å²) in [6, 6.07) is 7.10. The molecule has 0 aliphatic carbocycles. The molecular weight excluding hydrogens is 622 g/mol. The number of aromatic nitrogens is 2. The number of ether oxygens (including phenoxy) is 4. The van der Waals surface area contributed by atoms with E-state index in [1.54, 1.807) is 37.7 Å². The van der Waals surface area contributed by atoms with Crippen LogP contribution in [0.5, 0.6) is 11.8 Å². The molecule has 0 bridgehead atoms. The van der Waals surface area contributed by atoms with E-state index in [0.717, 1.165) is 18.5 Å². The van der Waals surface area contributed by atoms with Crippen LogP contribution in [0.1, 0.15) is 71.9 Å². The van der Waals surface area contributed by atoms with Gasteiger partial charge in [0, 0.05) is 61.7 Å². The summed E-state index contributed by atoms with van der Waals surface area (Å²) in [5.74, 6) is 1.17. The number of likely N-dealkylation sites (tertiary alicyclic amines) is 2. The maximum atomic E-state index is 12.0. The zero-order valence-electron chi connectivity index (χ0n) is 29.4. The smallest absolute Gasteiger partial charge is 0.410 e. The highest BCUT2D eigenvalue weighted by molar-refractivity contribution is 5.87. The first-order chi connectivity index (χ1) is 22.4. The molecule has 2 amide bonds. The fraction of sp³-hybridized carbons (Fsp3) is 0.618. The van der Waals surface area contributed by atoms with Crippen molar-refractivity contribution in [3.8, 4) is 11.8 Å². The third-order valence-corrected chi connectivity index (χ3v) is 7.68. The first-order valence-electron chi connectivity index (χ1n) is 16.0. The van der Waals surface area contributed by atoms with Gasteiger partial charge in [-0.2, -0.15) is 0 Å². The number of pyridine rings is 2. The van der Waals surface area contributed by atoms with Crippen molar-refractivity contribution in [1.29, 1.82) is 0 Å². The summed E-state index contributed by atoms with van der Waals surface area (Å²) in [6.45, 7) is 13.7. The topological polar surface area (TPSA) is 173 Å². The molecule has 48 heavy (non-hydrogen) atoms. The van der Waals surface area contributed by atoms with Crippen LogP contribution in [0.25, 0.3) is 0 Å². The fourth-order valence-corrected chi connectivity index (χ4v) is 5.10. The lowest BCUT2D eigenvalue weighted by molar-refractivity contribution is -0.117. The van der Waals surface area contributed by atoms with Gasteiger partial charge >= 0.3 is 12.2 Å². The molecule has 3 N–H and O–H groups in total. The predicted octanol–water partition coefficient (Wildman–Crippen LogP) is 3.39. The second-order valence-electron chi connectivity index (χ2n) is 14.0. The summed E-state index contributed by atoms with van der Waals surface area (Å²) in [5, 5.41) is 24.0. The number of Topliss-reactive ketones (excluding diaryl/α,β-unsaturated/α-hetero) is 1. The first-order valence-corrected chi connectivity index (χ1v) is 16.0. The summed E-state index contributed by atoms with van der Waals surface area (Å²) in [7, 11) is 3.12. The van der Waals surface area contributed by atoms with Crippen LogP contribution in [-0.4, -0.2) is 113 Å². The average Bonchev–Trinajstić information content (AvgIpc) is 3.77. The van der Waals surface area contributed by atoms with Crippen molar-refractivity contribution in [2.75, 3.05) is 53.5 Å². The highest BCUT2D eigenvalue weighted by Crippen LogP contribution is 2.33. The van der Waals surface area contributed by atoms with Gasteiger partial charge in [-0.25, -0.2) is 19.6 Å². The van der Waals surface area contributed by atoms with Crippen LogP contribution >= 0.6 is 0 Å². The molecule has 2 unspecified atom stereocenters. The van der Waals surface area contributed by atoms with Crippen LogP contribution in [-0.2, 0) is 25.5 Å². The van der Waals surface area contributed by atoms with Crippen molar-refractivity contribution in [1.82, 2.24) is 25.1 Å². The van der Waals surface area contributed by atoms with Crippen LogP contribution in [0.3, 0.4) is 0 Å². The third-order valence-electron chi connectivity index (χ3n) is 7.68. The molecule has 2 aromatic rings. The van der Waals surface area contributed by atoms with E-state index in [2.05, 4.69) is 15.3 Å². The van der Waals surface area contributed by atoms with Gasteiger partial charge in [0.1, 0.15) is 22.4 Å². The molecule has 5 heterocycles. The van der Waals surface area contributed by atoms with Gasteiger partial charge in [0.2, 0.25) is 11.8 Å². The van der Waals surface area contributed by atoms with Crippen LogP contribution in [0.2, 0.25) is 0 Å². The van der Waals surface area contributed by atoms with E-state index in [-0.39, 0.29) is 18.9 Å². The molecule has 3 saturated heterocycles. The standard InChI is InChI=1S/C15H22N2O4.C10H14N2O2.C9H15NO3/c1-14(2,3)21-13(18)17-8-7-15(19,10-17)11-5-6-12(20-4)16-9-11;1-14-9-3-2-8(6-12-9)10(13)4-5-11-7-10;1-9(2,3)13-8(12)10-5-4-7(11)6-10/h5-6,9,19H,7-8,10H2,1-4H3;2-3,6,11,13H,4-5,7H2,1H3;4-6H2,1-3H3. The summed E-state index contributed by atoms with van der Waals surface area (Å²) in [6.07, 6.45) is 4.11. The highest BCUT2D eigenvalue weighted by atomic mass is 16.6. The molecule has 3 fully saturated rings. The Morgan fingerprint density at radius 3 is 1.71 bits per heavy atom. The van der Waals surface area contributed by atoms with Gasteiger partial charge in [-0.1, -0.05) is 0 Å². The minimum Gasteiger partial charge on any atom is -0.481 e. The number of carbonyl (C=O) groups excluding carboxylic acids is 3. The summed E-state index contributed by atoms with van der Waals surface area (Å²) in [4.78, 5) is 45.4. The van der Waals surface area contributed by atoms with Crippen molar-refractivity contribution >= 4 is 18.0 Å². The van der Waals surface area contributed by atoms with Crippen LogP contribution in [0, 0.1) is 0 Å². The quantitative estimate of drug-likeness (QED) is 0.433. The van der Waals surface area contributed by atoms with Gasteiger partial charge in [-0.05, 0) is 73.1 Å². The zero-order chi connectivity index (χ0) is 35.8. The normalized spacial score (nSPS) is 22.2. The van der Waals surface area contributed by atoms with E-state index in [1.807, 2.05) is 47.6 Å². The predicted molar refractivity (Wildman–Crippen MR) is 177 cm³/mol. The molecule has 2 atom stereocenters. The van der Waals surface area contributed by atoms with E-state index in [0.29, 0.717) is 49.8 Å². The number of methoxy groups -OCH3 is 2. The SMILES string of the molecule is CC(C)(C)OC(=O)N1CCC(=O)C1.COc1ccc(C2(O)CCN(C(=O)OC(C)(C)C)C2)cn1.COc1ccc(C2(O)CCNC2)cn1. The Kier molecular flexibility index (Phi) is 12.8. The number of hydrogen-bond donors (Lipinski definition) is 3. The van der Waals surface area contributed by atoms with Crippen molar-refractivity contribution in [2.45, 2.75) is 83.2 Å². The van der Waals surface area contributed by atoms with Gasteiger partial charge < -0.3 is 44.3 Å². The number of carbonyl (C=O) groups is 3. The van der Waals surface area contributed by atoms with E-state index in [9.17, 15) is 24.6 Å². The molecule has 3 aliphatic heterocycles. The molecule has 266 valence electrons. The number of ketones is 1. The third kappa shape index (κ3) is 11.3. The highest BCUT2D eigenvalue weighted by Gasteiger charge is 2.41. The maximum absolute atomic E-state index is 12.0. The molecule has 14 nitrogen and oxygen atoms in total. The molecule has 0 aromatic carbocycles. The Balaban J connectivity index is 0.000000203. The molecule has 14 heteroatoms. The second kappa shape index (κ2) is 15.9. The average molecular weight is 674 g/mol. The van der Waals surface area contributed by atoms with E-state index in [1.165, 1.54) is 16.9 Å². The molecule has 0 saturated carbocycles. The monoisotopic (exact) mass is 673 g/mol. The maximum Gasteiger partial charge on any atom is 0.410 e. The van der Waals surface area contributed by atoms with E-state index >= 15 is 0 Å². The van der Waals surface area contributed by atoms with Crippen LogP contribution in [0.15, 0.2) is 36.7 Å². The van der Waals surface area contributed by atoms with Crippen LogP contribution in [0.4, 0.5) is 9.59 Å². The summed E-state index contributed by atoms with van der Waals surface area (Å²) in [5.41, 5.74) is -1.34. The lowest BCUT2D eigenvalue weighted by Crippen LogP contribution is -2.38. The Morgan fingerprint density at radius 1 is 0.792 bits per heavy atom. The number of nitrogens with one attached hydrogen (secondary N) is 1. The van der Waals surface area contributed by atoms with Crippen molar-refractivity contribution in [2.24, 2.45) is 0 Å². The first kappa shape index (κ1) is 38.4. The van der Waals surface area contributed by atoms with Crippen molar-refractivity contribution in [3.63, 3.8) is 0 Å². The summed E-state index contributed by atoms with van der Waals surface area (Å²) >= 11 is 0. The van der Waals surface area contributed by atoms with E-state index < -0.39 is 34.6 Å². The number of nitrogens with zero attached hydrogens (tertiary/aromatic N) is 4. The molecule has 2 aromatic heterocycles. The lowest BCUT2D eigenvalue weighted by Gasteiger charge is -2.26. The largest absolute Gasteiger partial charge is 0.481 e. The molecule has 5 rings (SSSR count). The molecule has 0 radical (unpaired) electrons. The second-order valence-corrected chi connectivity index (χ2v) is 14.0. The van der Waals surface area contributed by atoms with E-state index in [4.69, 9.17) is 18.9 Å². The van der Waals surface area contributed by atoms with Gasteiger partial charge in [0.05, 0.1) is 27.3 Å². The van der Waals surface area contributed by atoms with Gasteiger partial charge in [0.15, 0.2) is 5.78 Å². The van der Waals surface area contributed by atoms with Gasteiger partial charge in [-0.15, -0.1) is 0 Å². The lowest BCUT2D eigenvalue weighted by atomic mass is 9.95.